The van der Waals surface area contributed by atoms with Gasteiger partial charge in [-0.3, -0.25) is 0 Å². The summed E-state index contributed by atoms with van der Waals surface area (Å²) in [5.74, 6) is 2.35. The van der Waals surface area contributed by atoms with E-state index in [4.69, 9.17) is 17.4 Å². The zero-order valence-corrected chi connectivity index (χ0v) is 8.12. The number of nitrogens with two attached hydrogens (primary N) is 1. The summed E-state index contributed by atoms with van der Waals surface area (Å²) in [6.07, 6.45) is 11.5. The van der Waals surface area contributed by atoms with Crippen molar-refractivity contribution >= 4 is 0 Å². The Kier molecular flexibility index (Phi) is 5.35. The molecule has 70 valence electrons. The first-order valence-corrected chi connectivity index (χ1v) is 3.99. The summed E-state index contributed by atoms with van der Waals surface area (Å²) in [5, 5.41) is 8.84. The van der Waals surface area contributed by atoms with Gasteiger partial charge in [-0.05, 0) is 24.6 Å². The minimum absolute atomic E-state index is 0.386. The van der Waals surface area contributed by atoms with Crippen molar-refractivity contribution in [1.82, 2.24) is 0 Å². The molecule has 2 heteroatoms. The van der Waals surface area contributed by atoms with Crippen LogP contribution in [0.1, 0.15) is 6.92 Å². The second kappa shape index (κ2) is 6.34. The lowest BCUT2D eigenvalue weighted by Gasteiger charge is -1.99. The van der Waals surface area contributed by atoms with E-state index in [2.05, 4.69) is 12.5 Å². The second-order valence-electron chi connectivity index (χ2n) is 2.53. The van der Waals surface area contributed by atoms with Crippen molar-refractivity contribution in [1.29, 1.82) is 5.26 Å². The molecule has 0 spiro atoms. The van der Waals surface area contributed by atoms with E-state index >= 15 is 0 Å². The molecule has 2 N–H and O–H groups in total. The summed E-state index contributed by atoms with van der Waals surface area (Å²) in [6.45, 7) is 5.25. The van der Waals surface area contributed by atoms with E-state index in [1.165, 1.54) is 6.08 Å². The predicted molar refractivity (Wildman–Crippen MR) is 58.8 cm³/mol. The zero-order chi connectivity index (χ0) is 11.0. The first-order valence-electron chi connectivity index (χ1n) is 3.99. The second-order valence-corrected chi connectivity index (χ2v) is 2.53. The van der Waals surface area contributed by atoms with Gasteiger partial charge in [0.25, 0.3) is 0 Å². The van der Waals surface area contributed by atoms with Gasteiger partial charge in [-0.1, -0.05) is 24.7 Å². The fraction of sp³-hybridized carbons (Fsp3) is 0.0833. The Bertz CT molecular complexity index is 382. The molecule has 0 aliphatic heterocycles. The highest BCUT2D eigenvalue weighted by atomic mass is 14.6. The van der Waals surface area contributed by atoms with Crippen LogP contribution in [0.4, 0.5) is 0 Å². The Morgan fingerprint density at radius 3 is 2.64 bits per heavy atom. The van der Waals surface area contributed by atoms with Gasteiger partial charge in [-0.2, -0.15) is 5.26 Å². The molecule has 0 saturated heterocycles. The fourth-order valence-corrected chi connectivity index (χ4v) is 0.833. The zero-order valence-electron chi connectivity index (χ0n) is 8.12. The third-order valence-corrected chi connectivity index (χ3v) is 1.51. The molecule has 0 aliphatic rings. The van der Waals surface area contributed by atoms with Crippen LogP contribution in [-0.4, -0.2) is 0 Å². The van der Waals surface area contributed by atoms with Crippen LogP contribution >= 0.6 is 0 Å². The van der Waals surface area contributed by atoms with Crippen LogP contribution in [0.2, 0.25) is 0 Å². The minimum atomic E-state index is 0.386. The van der Waals surface area contributed by atoms with E-state index < -0.39 is 0 Å². The molecule has 0 aliphatic carbocycles. The van der Waals surface area contributed by atoms with Gasteiger partial charge in [0.05, 0.1) is 5.57 Å². The van der Waals surface area contributed by atoms with Gasteiger partial charge in [0, 0.05) is 5.70 Å². The quantitative estimate of drug-likeness (QED) is 0.414. The molecule has 0 aromatic carbocycles. The predicted octanol–water partition coefficient (Wildman–Crippen LogP) is 2.04. The highest BCUT2D eigenvalue weighted by molar-refractivity contribution is 5.48. The maximum Gasteiger partial charge on any atom is 0.102 e. The standard InChI is InChI=1S/C12H12N2/c1-4-6-8-12(14)11(9-13)10(3)7-5-2/h2,4,6-8H,1,14H2,3H3/b8-6+,10-7+,12-11-. The number of allylic oxidation sites excluding steroid dienone is 6. The van der Waals surface area contributed by atoms with E-state index in [1.54, 1.807) is 25.2 Å². The summed E-state index contributed by atoms with van der Waals surface area (Å²) in [7, 11) is 0. The van der Waals surface area contributed by atoms with Crippen LogP contribution in [0.3, 0.4) is 0 Å². The van der Waals surface area contributed by atoms with Gasteiger partial charge in [0.2, 0.25) is 0 Å². The lowest BCUT2D eigenvalue weighted by Crippen LogP contribution is -1.99. The van der Waals surface area contributed by atoms with Crippen molar-refractivity contribution in [3.05, 3.63) is 47.7 Å². The lowest BCUT2D eigenvalue weighted by atomic mass is 10.1. The smallest absolute Gasteiger partial charge is 0.102 e. The van der Waals surface area contributed by atoms with Crippen molar-refractivity contribution in [2.45, 2.75) is 6.92 Å². The van der Waals surface area contributed by atoms with Gasteiger partial charge in [-0.15, -0.1) is 6.42 Å². The van der Waals surface area contributed by atoms with Gasteiger partial charge in [0.15, 0.2) is 0 Å². The van der Waals surface area contributed by atoms with E-state index in [-0.39, 0.29) is 0 Å². The number of nitriles is 1. The first kappa shape index (κ1) is 11.8. The minimum Gasteiger partial charge on any atom is -0.398 e. The molecule has 0 radical (unpaired) electrons. The average molecular weight is 184 g/mol. The summed E-state index contributed by atoms with van der Waals surface area (Å²) >= 11 is 0. The molecular weight excluding hydrogens is 172 g/mol. The van der Waals surface area contributed by atoms with E-state index in [1.807, 2.05) is 6.07 Å². The summed E-state index contributed by atoms with van der Waals surface area (Å²) in [4.78, 5) is 0. The van der Waals surface area contributed by atoms with Crippen LogP contribution in [0.15, 0.2) is 47.7 Å². The topological polar surface area (TPSA) is 49.8 Å². The largest absolute Gasteiger partial charge is 0.398 e. The van der Waals surface area contributed by atoms with Crippen LogP contribution in [0.5, 0.6) is 0 Å². The van der Waals surface area contributed by atoms with Crippen molar-refractivity contribution in [2.24, 2.45) is 5.73 Å². The lowest BCUT2D eigenvalue weighted by molar-refractivity contribution is 1.30. The molecule has 0 amide bonds. The molecule has 0 aromatic heterocycles. The molecule has 0 unspecified atom stereocenters. The summed E-state index contributed by atoms with van der Waals surface area (Å²) < 4.78 is 0. The molecule has 0 rings (SSSR count). The van der Waals surface area contributed by atoms with Crippen molar-refractivity contribution in [3.8, 4) is 18.4 Å². The maximum absolute atomic E-state index is 8.84. The van der Waals surface area contributed by atoms with Gasteiger partial charge in [-0.25, -0.2) is 0 Å². The van der Waals surface area contributed by atoms with Crippen molar-refractivity contribution in [2.75, 3.05) is 0 Å². The number of hydrogen-bond acceptors (Lipinski definition) is 2. The monoisotopic (exact) mass is 184 g/mol. The highest BCUT2D eigenvalue weighted by Crippen LogP contribution is 2.11. The fourth-order valence-electron chi connectivity index (χ4n) is 0.833. The molecule has 14 heavy (non-hydrogen) atoms. The van der Waals surface area contributed by atoms with Crippen LogP contribution in [0, 0.1) is 23.7 Å². The van der Waals surface area contributed by atoms with Gasteiger partial charge >= 0.3 is 0 Å². The molecule has 0 fully saturated rings. The molecule has 0 heterocycles. The van der Waals surface area contributed by atoms with Gasteiger partial charge in [0.1, 0.15) is 6.07 Å². The number of nitrogens with zero attached hydrogens (tertiary/aromatic N) is 1. The Morgan fingerprint density at radius 1 is 1.57 bits per heavy atom. The van der Waals surface area contributed by atoms with Crippen LogP contribution in [0.25, 0.3) is 0 Å². The van der Waals surface area contributed by atoms with E-state index in [9.17, 15) is 0 Å². The molecule has 0 saturated carbocycles. The third-order valence-electron chi connectivity index (χ3n) is 1.51. The van der Waals surface area contributed by atoms with Crippen molar-refractivity contribution < 1.29 is 0 Å². The van der Waals surface area contributed by atoms with Crippen molar-refractivity contribution in [3.63, 3.8) is 0 Å². The summed E-state index contributed by atoms with van der Waals surface area (Å²) in [5.41, 5.74) is 7.12. The van der Waals surface area contributed by atoms with Gasteiger partial charge < -0.3 is 5.73 Å². The Balaban J connectivity index is 5.18. The Morgan fingerprint density at radius 2 is 2.21 bits per heavy atom. The number of hydrogen-bond donors (Lipinski definition) is 1. The van der Waals surface area contributed by atoms with Crippen LogP contribution in [-0.2, 0) is 0 Å². The highest BCUT2D eigenvalue weighted by Gasteiger charge is 2.01. The average Bonchev–Trinajstić information content (AvgIpc) is 2.16. The molecule has 0 atom stereocenters. The summed E-state index contributed by atoms with van der Waals surface area (Å²) in [6, 6.07) is 2.00. The molecular formula is C12H12N2. The third kappa shape index (κ3) is 3.47. The maximum atomic E-state index is 8.84. The molecule has 0 aromatic rings. The molecule has 0 bridgehead atoms. The number of terminal acetylenes is 1. The normalized spacial score (nSPS) is 12.9. The first-order chi connectivity index (χ1) is 6.67. The number of rotatable bonds is 3. The Labute approximate surface area is 84.7 Å². The van der Waals surface area contributed by atoms with E-state index in [0.717, 1.165) is 0 Å². The SMILES string of the molecule is C#C/C=C(C)/C(C#N)=C(N)/C=C/C=C. The van der Waals surface area contributed by atoms with Crippen LogP contribution < -0.4 is 5.73 Å². The Hall–Kier alpha value is -2.19. The van der Waals surface area contributed by atoms with E-state index in [0.29, 0.717) is 16.8 Å². The molecule has 2 nitrogen and oxygen atoms in total.